The molecule has 0 aliphatic carbocycles. The van der Waals surface area contributed by atoms with E-state index in [1.807, 2.05) is 97.2 Å². The molecule has 1 unspecified atom stereocenters. The van der Waals surface area contributed by atoms with E-state index < -0.39 is 6.04 Å². The van der Waals surface area contributed by atoms with Crippen LogP contribution in [0.25, 0.3) is 11.5 Å². The van der Waals surface area contributed by atoms with Crippen LogP contribution in [0.3, 0.4) is 0 Å². The zero-order valence-electron chi connectivity index (χ0n) is 21.5. The van der Waals surface area contributed by atoms with Gasteiger partial charge in [0.25, 0.3) is 0 Å². The number of hydrogen-bond donors (Lipinski definition) is 1. The minimum Gasteiger partial charge on any atom is -0.308 e. The Morgan fingerprint density at radius 2 is 1.71 bits per heavy atom. The molecule has 2 amide bonds. The Morgan fingerprint density at radius 3 is 2.45 bits per heavy atom. The van der Waals surface area contributed by atoms with Crippen LogP contribution in [0.2, 0.25) is 0 Å². The molecule has 3 aromatic carbocycles. The van der Waals surface area contributed by atoms with Crippen LogP contribution in [0.4, 0.5) is 14.9 Å². The van der Waals surface area contributed by atoms with Gasteiger partial charge in [0.05, 0.1) is 29.7 Å². The van der Waals surface area contributed by atoms with Gasteiger partial charge in [-0.3, -0.25) is 0 Å². The van der Waals surface area contributed by atoms with Crippen molar-refractivity contribution in [1.82, 2.24) is 19.2 Å². The standard InChI is InChI=1S/C31H28FN5O/c1-20-11-16-27(21(2)18-20)33-31(38)36-19-26-22(3)34-37(25-8-5-4-6-9-25)30(26)35-17-7-10-28(35)29(36)23-12-14-24(32)15-13-23/h4-18,29H,19H2,1-3H3,(H,33,38). The molecule has 38 heavy (non-hydrogen) atoms. The number of halogens is 1. The lowest BCUT2D eigenvalue weighted by Gasteiger charge is -2.31. The van der Waals surface area contributed by atoms with Crippen LogP contribution in [0, 0.1) is 26.6 Å². The maximum Gasteiger partial charge on any atom is 0.322 e. The number of amides is 2. The second kappa shape index (κ2) is 9.34. The number of aromatic nitrogens is 3. The van der Waals surface area contributed by atoms with Crippen molar-refractivity contribution < 1.29 is 9.18 Å². The summed E-state index contributed by atoms with van der Waals surface area (Å²) in [5.41, 5.74) is 7.32. The largest absolute Gasteiger partial charge is 0.322 e. The third-order valence-corrected chi connectivity index (χ3v) is 7.16. The Bertz CT molecular complexity index is 1640. The number of benzene rings is 3. The number of nitrogens with one attached hydrogen (secondary N) is 1. The summed E-state index contributed by atoms with van der Waals surface area (Å²) in [5, 5.41) is 8.02. The summed E-state index contributed by atoms with van der Waals surface area (Å²) in [6.45, 7) is 6.31. The Morgan fingerprint density at radius 1 is 0.947 bits per heavy atom. The van der Waals surface area contributed by atoms with E-state index in [-0.39, 0.29) is 11.8 Å². The van der Waals surface area contributed by atoms with Gasteiger partial charge in [0, 0.05) is 17.4 Å². The van der Waals surface area contributed by atoms with E-state index in [2.05, 4.69) is 9.88 Å². The Hall–Kier alpha value is -4.65. The first-order chi connectivity index (χ1) is 18.4. The van der Waals surface area contributed by atoms with Gasteiger partial charge in [-0.05, 0) is 74.4 Å². The second-order valence-corrected chi connectivity index (χ2v) is 9.77. The van der Waals surface area contributed by atoms with Gasteiger partial charge in [-0.15, -0.1) is 0 Å². The van der Waals surface area contributed by atoms with Gasteiger partial charge < -0.3 is 14.8 Å². The second-order valence-electron chi connectivity index (χ2n) is 9.77. The van der Waals surface area contributed by atoms with Crippen LogP contribution in [-0.4, -0.2) is 25.3 Å². The molecule has 1 aliphatic heterocycles. The van der Waals surface area contributed by atoms with E-state index in [0.717, 1.165) is 50.8 Å². The molecule has 0 spiro atoms. The minimum absolute atomic E-state index is 0.237. The van der Waals surface area contributed by atoms with Gasteiger partial charge in [0.15, 0.2) is 0 Å². The van der Waals surface area contributed by atoms with E-state index >= 15 is 0 Å². The summed E-state index contributed by atoms with van der Waals surface area (Å²) in [6.07, 6.45) is 2.00. The van der Waals surface area contributed by atoms with Crippen molar-refractivity contribution in [3.8, 4) is 11.5 Å². The van der Waals surface area contributed by atoms with Crippen LogP contribution >= 0.6 is 0 Å². The average molecular weight is 506 g/mol. The van der Waals surface area contributed by atoms with Crippen molar-refractivity contribution in [2.24, 2.45) is 0 Å². The summed E-state index contributed by atoms with van der Waals surface area (Å²) in [6, 6.07) is 25.6. The van der Waals surface area contributed by atoms with E-state index in [9.17, 15) is 9.18 Å². The van der Waals surface area contributed by atoms with E-state index in [0.29, 0.717) is 6.54 Å². The molecule has 1 N–H and O–H groups in total. The van der Waals surface area contributed by atoms with Crippen molar-refractivity contribution in [3.05, 3.63) is 131 Å². The van der Waals surface area contributed by atoms with Crippen molar-refractivity contribution in [2.45, 2.75) is 33.4 Å². The first-order valence-corrected chi connectivity index (χ1v) is 12.6. The quantitative estimate of drug-likeness (QED) is 0.291. The fourth-order valence-electron chi connectivity index (χ4n) is 5.29. The maximum atomic E-state index is 14.0. The number of urea groups is 1. The number of nitrogens with zero attached hydrogens (tertiary/aromatic N) is 4. The molecule has 0 radical (unpaired) electrons. The predicted octanol–water partition coefficient (Wildman–Crippen LogP) is 6.86. The van der Waals surface area contributed by atoms with Gasteiger partial charge in [0.1, 0.15) is 11.6 Å². The zero-order valence-corrected chi connectivity index (χ0v) is 21.5. The highest BCUT2D eigenvalue weighted by Crippen LogP contribution is 2.39. The zero-order chi connectivity index (χ0) is 26.4. The average Bonchev–Trinajstić information content (AvgIpc) is 3.47. The van der Waals surface area contributed by atoms with Crippen LogP contribution in [0.1, 0.15) is 39.7 Å². The van der Waals surface area contributed by atoms with E-state index in [1.165, 1.54) is 12.1 Å². The highest BCUT2D eigenvalue weighted by molar-refractivity contribution is 5.91. The van der Waals surface area contributed by atoms with Crippen LogP contribution < -0.4 is 5.32 Å². The molecule has 7 heteroatoms. The summed E-state index contributed by atoms with van der Waals surface area (Å²) >= 11 is 0. The van der Waals surface area contributed by atoms with Crippen molar-refractivity contribution >= 4 is 11.7 Å². The lowest BCUT2D eigenvalue weighted by atomic mass is 10.0. The fourth-order valence-corrected chi connectivity index (χ4v) is 5.29. The van der Waals surface area contributed by atoms with E-state index in [1.54, 1.807) is 12.1 Å². The first kappa shape index (κ1) is 23.7. The third-order valence-electron chi connectivity index (χ3n) is 7.16. The van der Waals surface area contributed by atoms with Gasteiger partial charge in [-0.1, -0.05) is 48.0 Å². The normalized spacial score (nSPS) is 14.5. The topological polar surface area (TPSA) is 55.1 Å². The molecule has 2 aromatic heterocycles. The first-order valence-electron chi connectivity index (χ1n) is 12.6. The summed E-state index contributed by atoms with van der Waals surface area (Å²) in [4.78, 5) is 15.9. The molecule has 1 atom stereocenters. The van der Waals surface area contributed by atoms with Crippen molar-refractivity contribution in [2.75, 3.05) is 5.32 Å². The predicted molar refractivity (Wildman–Crippen MR) is 146 cm³/mol. The summed E-state index contributed by atoms with van der Waals surface area (Å²) in [5.74, 6) is 0.575. The molecule has 0 bridgehead atoms. The van der Waals surface area contributed by atoms with Gasteiger partial charge in [0.2, 0.25) is 0 Å². The van der Waals surface area contributed by atoms with Gasteiger partial charge in [-0.2, -0.15) is 5.10 Å². The number of aryl methyl sites for hydroxylation is 3. The molecule has 3 heterocycles. The number of anilines is 1. The fraction of sp³-hybridized carbons (Fsp3) is 0.161. The number of carbonyl (C=O) groups is 1. The molecule has 1 aliphatic rings. The lowest BCUT2D eigenvalue weighted by Crippen LogP contribution is -2.38. The monoisotopic (exact) mass is 505 g/mol. The van der Waals surface area contributed by atoms with Crippen molar-refractivity contribution in [1.29, 1.82) is 0 Å². The van der Waals surface area contributed by atoms with E-state index in [4.69, 9.17) is 5.10 Å². The van der Waals surface area contributed by atoms with Crippen LogP contribution in [0.5, 0.6) is 0 Å². The third kappa shape index (κ3) is 4.06. The Balaban J connectivity index is 1.53. The molecule has 0 fully saturated rings. The molecule has 0 saturated heterocycles. The molecule has 5 aromatic rings. The number of hydrogen-bond acceptors (Lipinski definition) is 2. The maximum absolute atomic E-state index is 14.0. The molecule has 6 nitrogen and oxygen atoms in total. The Labute approximate surface area is 221 Å². The number of rotatable bonds is 3. The van der Waals surface area contributed by atoms with Crippen LogP contribution in [0.15, 0.2) is 91.1 Å². The summed E-state index contributed by atoms with van der Waals surface area (Å²) in [7, 11) is 0. The number of fused-ring (bicyclic) bond motifs is 3. The minimum atomic E-state index is -0.452. The molecular formula is C31H28FN5O. The highest BCUT2D eigenvalue weighted by Gasteiger charge is 2.36. The highest BCUT2D eigenvalue weighted by atomic mass is 19.1. The number of para-hydroxylation sites is 1. The molecular weight excluding hydrogens is 477 g/mol. The SMILES string of the molecule is Cc1ccc(NC(=O)N2Cc3c(C)nn(-c4ccccc4)c3-n3cccc3C2c2ccc(F)cc2)c(C)c1. The van der Waals surface area contributed by atoms with Crippen molar-refractivity contribution in [3.63, 3.8) is 0 Å². The molecule has 0 saturated carbocycles. The van der Waals surface area contributed by atoms with Gasteiger partial charge >= 0.3 is 6.03 Å². The van der Waals surface area contributed by atoms with Gasteiger partial charge in [-0.25, -0.2) is 13.9 Å². The molecule has 6 rings (SSSR count). The molecule has 190 valence electrons. The lowest BCUT2D eigenvalue weighted by molar-refractivity contribution is 0.194. The summed E-state index contributed by atoms with van der Waals surface area (Å²) < 4.78 is 18.0. The smallest absolute Gasteiger partial charge is 0.308 e. The Kier molecular flexibility index (Phi) is 5.83. The number of carbonyl (C=O) groups excluding carboxylic acids is 1. The van der Waals surface area contributed by atoms with Crippen LogP contribution in [-0.2, 0) is 6.54 Å².